The lowest BCUT2D eigenvalue weighted by molar-refractivity contribution is 1.13. The van der Waals surface area contributed by atoms with E-state index in [1.165, 1.54) is 0 Å². The average Bonchev–Trinajstić information content (AvgIpc) is 2.50. The van der Waals surface area contributed by atoms with Gasteiger partial charge in [0.15, 0.2) is 0 Å². The highest BCUT2D eigenvalue weighted by Gasteiger charge is 2.17. The molecule has 106 valence electrons. The fourth-order valence-electron chi connectivity index (χ4n) is 2.56. The summed E-state index contributed by atoms with van der Waals surface area (Å²) in [5.41, 5.74) is 3.19. The molecule has 0 heterocycles. The summed E-state index contributed by atoms with van der Waals surface area (Å²) in [6.07, 6.45) is 0. The van der Waals surface area contributed by atoms with Crippen molar-refractivity contribution in [2.75, 3.05) is 0 Å². The lowest BCUT2D eigenvalue weighted by Gasteiger charge is -2.16. The second kappa shape index (κ2) is 5.88. The Balaban J connectivity index is 2.20. The van der Waals surface area contributed by atoms with E-state index in [-0.39, 0.29) is 5.38 Å². The van der Waals surface area contributed by atoms with Crippen LogP contribution in [0.5, 0.6) is 0 Å². The van der Waals surface area contributed by atoms with Crippen LogP contribution in [0.2, 0.25) is 10.0 Å². The Hall–Kier alpha value is -1.21. The maximum Gasteiger partial charge on any atom is 0.0844 e. The third-order valence-electron chi connectivity index (χ3n) is 3.69. The van der Waals surface area contributed by atoms with Gasteiger partial charge in [0.1, 0.15) is 0 Å². The molecule has 1 unspecified atom stereocenters. The molecule has 21 heavy (non-hydrogen) atoms. The fraction of sp³-hybridized carbons (Fsp3) is 0.111. The molecular formula is C18H13Cl3. The molecule has 0 fully saturated rings. The van der Waals surface area contributed by atoms with Gasteiger partial charge in [-0.1, -0.05) is 59.6 Å². The van der Waals surface area contributed by atoms with Crippen LogP contribution in [0.25, 0.3) is 10.8 Å². The van der Waals surface area contributed by atoms with Crippen LogP contribution in [0, 0.1) is 6.92 Å². The van der Waals surface area contributed by atoms with Gasteiger partial charge in [0.25, 0.3) is 0 Å². The Morgan fingerprint density at radius 1 is 0.810 bits per heavy atom. The first-order chi connectivity index (χ1) is 10.1. The molecule has 0 saturated heterocycles. The van der Waals surface area contributed by atoms with E-state index in [1.54, 1.807) is 0 Å². The van der Waals surface area contributed by atoms with Crippen LogP contribution in [0.1, 0.15) is 22.1 Å². The lowest BCUT2D eigenvalue weighted by atomic mass is 9.95. The van der Waals surface area contributed by atoms with Crippen molar-refractivity contribution in [3.8, 4) is 0 Å². The largest absolute Gasteiger partial charge is 0.113 e. The maximum atomic E-state index is 6.74. The SMILES string of the molecule is Cc1ccc(Cl)cc1C(Cl)c1ccc(Cl)c2ccccc12. The normalized spacial score (nSPS) is 12.6. The molecule has 0 saturated carbocycles. The first-order valence-electron chi connectivity index (χ1n) is 6.65. The Labute approximate surface area is 139 Å². The highest BCUT2D eigenvalue weighted by atomic mass is 35.5. The molecule has 0 spiro atoms. The maximum absolute atomic E-state index is 6.74. The van der Waals surface area contributed by atoms with Gasteiger partial charge in [0.2, 0.25) is 0 Å². The smallest absolute Gasteiger partial charge is 0.0844 e. The van der Waals surface area contributed by atoms with Crippen LogP contribution in [0.3, 0.4) is 0 Å². The summed E-state index contributed by atoms with van der Waals surface area (Å²) in [5.74, 6) is 0. The van der Waals surface area contributed by atoms with Gasteiger partial charge in [-0.25, -0.2) is 0 Å². The number of aryl methyl sites for hydroxylation is 1. The zero-order valence-corrected chi connectivity index (χ0v) is 13.7. The molecular weight excluding hydrogens is 323 g/mol. The monoisotopic (exact) mass is 334 g/mol. The predicted molar refractivity (Wildman–Crippen MR) is 92.8 cm³/mol. The minimum Gasteiger partial charge on any atom is -0.113 e. The zero-order valence-electron chi connectivity index (χ0n) is 11.4. The number of benzene rings is 3. The topological polar surface area (TPSA) is 0 Å². The predicted octanol–water partition coefficient (Wildman–Crippen LogP) is 6.78. The van der Waals surface area contributed by atoms with Crippen molar-refractivity contribution >= 4 is 45.6 Å². The van der Waals surface area contributed by atoms with Gasteiger partial charge in [-0.2, -0.15) is 0 Å². The number of alkyl halides is 1. The van der Waals surface area contributed by atoms with E-state index in [1.807, 2.05) is 61.5 Å². The van der Waals surface area contributed by atoms with E-state index in [2.05, 4.69) is 0 Å². The van der Waals surface area contributed by atoms with Crippen LogP contribution < -0.4 is 0 Å². The summed E-state index contributed by atoms with van der Waals surface area (Å²) in [5, 5.41) is 3.26. The zero-order chi connectivity index (χ0) is 15.0. The van der Waals surface area contributed by atoms with E-state index in [9.17, 15) is 0 Å². The Kier molecular flexibility index (Phi) is 4.12. The third-order valence-corrected chi connectivity index (χ3v) is 4.73. The number of rotatable bonds is 2. The minimum atomic E-state index is -0.258. The second-order valence-electron chi connectivity index (χ2n) is 5.05. The molecule has 0 bridgehead atoms. The first-order valence-corrected chi connectivity index (χ1v) is 7.84. The Morgan fingerprint density at radius 3 is 2.29 bits per heavy atom. The van der Waals surface area contributed by atoms with Gasteiger partial charge < -0.3 is 0 Å². The van der Waals surface area contributed by atoms with Crippen LogP contribution in [-0.4, -0.2) is 0 Å². The van der Waals surface area contributed by atoms with Gasteiger partial charge in [-0.3, -0.25) is 0 Å². The van der Waals surface area contributed by atoms with Crippen molar-refractivity contribution in [2.45, 2.75) is 12.3 Å². The quantitative estimate of drug-likeness (QED) is 0.453. The van der Waals surface area contributed by atoms with Crippen molar-refractivity contribution in [3.63, 3.8) is 0 Å². The van der Waals surface area contributed by atoms with Crippen molar-refractivity contribution < 1.29 is 0 Å². The minimum absolute atomic E-state index is 0.258. The standard InChI is InChI=1S/C18H13Cl3/c1-11-6-7-12(19)10-16(11)18(21)15-8-9-17(20)14-5-3-2-4-13(14)15/h2-10,18H,1H3. The third kappa shape index (κ3) is 2.76. The summed E-state index contributed by atoms with van der Waals surface area (Å²) in [6, 6.07) is 17.7. The van der Waals surface area contributed by atoms with E-state index in [4.69, 9.17) is 34.8 Å². The molecule has 1 atom stereocenters. The number of halogens is 3. The summed E-state index contributed by atoms with van der Waals surface area (Å²) in [7, 11) is 0. The summed E-state index contributed by atoms with van der Waals surface area (Å²) < 4.78 is 0. The van der Waals surface area contributed by atoms with E-state index in [0.717, 1.165) is 32.5 Å². The number of fused-ring (bicyclic) bond motifs is 1. The van der Waals surface area contributed by atoms with E-state index in [0.29, 0.717) is 5.02 Å². The molecule has 0 aliphatic rings. The Morgan fingerprint density at radius 2 is 1.52 bits per heavy atom. The first kappa shape index (κ1) is 14.7. The van der Waals surface area contributed by atoms with Gasteiger partial charge in [0, 0.05) is 15.4 Å². The Bertz CT molecular complexity index is 809. The second-order valence-corrected chi connectivity index (χ2v) is 6.33. The highest BCUT2D eigenvalue weighted by Crippen LogP contribution is 2.38. The summed E-state index contributed by atoms with van der Waals surface area (Å²) in [6.45, 7) is 2.04. The molecule has 3 heteroatoms. The van der Waals surface area contributed by atoms with Crippen molar-refractivity contribution in [1.29, 1.82) is 0 Å². The van der Waals surface area contributed by atoms with Gasteiger partial charge >= 0.3 is 0 Å². The van der Waals surface area contributed by atoms with Crippen LogP contribution in [0.15, 0.2) is 54.6 Å². The van der Waals surface area contributed by atoms with Crippen molar-refractivity contribution in [1.82, 2.24) is 0 Å². The van der Waals surface area contributed by atoms with Gasteiger partial charge in [-0.15, -0.1) is 11.6 Å². The molecule has 0 radical (unpaired) electrons. The molecule has 0 aromatic heterocycles. The fourth-order valence-corrected chi connectivity index (χ4v) is 3.39. The molecule has 0 amide bonds. The van der Waals surface area contributed by atoms with E-state index < -0.39 is 0 Å². The molecule has 3 aromatic carbocycles. The molecule has 0 N–H and O–H groups in total. The molecule has 0 aliphatic heterocycles. The summed E-state index contributed by atoms with van der Waals surface area (Å²) in [4.78, 5) is 0. The average molecular weight is 336 g/mol. The van der Waals surface area contributed by atoms with Crippen molar-refractivity contribution in [3.05, 3.63) is 81.3 Å². The van der Waals surface area contributed by atoms with Crippen LogP contribution in [-0.2, 0) is 0 Å². The molecule has 3 aromatic rings. The van der Waals surface area contributed by atoms with Gasteiger partial charge in [-0.05, 0) is 47.2 Å². The van der Waals surface area contributed by atoms with E-state index >= 15 is 0 Å². The molecule has 0 aliphatic carbocycles. The molecule has 3 rings (SSSR count). The number of hydrogen-bond donors (Lipinski definition) is 0. The highest BCUT2D eigenvalue weighted by molar-refractivity contribution is 6.36. The summed E-state index contributed by atoms with van der Waals surface area (Å²) >= 11 is 19.1. The van der Waals surface area contributed by atoms with Crippen LogP contribution in [0.4, 0.5) is 0 Å². The van der Waals surface area contributed by atoms with Crippen molar-refractivity contribution in [2.24, 2.45) is 0 Å². The van der Waals surface area contributed by atoms with Gasteiger partial charge in [0.05, 0.1) is 5.38 Å². The lowest BCUT2D eigenvalue weighted by Crippen LogP contribution is -1.97. The number of hydrogen-bond acceptors (Lipinski definition) is 0. The molecule has 0 nitrogen and oxygen atoms in total. The van der Waals surface area contributed by atoms with Crippen LogP contribution >= 0.6 is 34.8 Å².